The van der Waals surface area contributed by atoms with E-state index in [1.807, 2.05) is 53.3 Å². The number of aryl methyl sites for hydroxylation is 1. The minimum atomic E-state index is -0.258. The van der Waals surface area contributed by atoms with E-state index < -0.39 is 0 Å². The van der Waals surface area contributed by atoms with Gasteiger partial charge >= 0.3 is 0 Å². The van der Waals surface area contributed by atoms with Crippen molar-refractivity contribution >= 4 is 17.5 Å². The summed E-state index contributed by atoms with van der Waals surface area (Å²) in [5.74, 6) is -0.258. The molecule has 8 heteroatoms. The highest BCUT2D eigenvalue weighted by Gasteiger charge is 2.16. The number of nitrogens with one attached hydrogen (secondary N) is 1. The number of carbonyl (C=O) groups excluding carboxylic acids is 1. The van der Waals surface area contributed by atoms with Crippen LogP contribution in [-0.2, 0) is 6.42 Å². The molecule has 0 spiro atoms. The molecule has 0 aliphatic rings. The van der Waals surface area contributed by atoms with Crippen molar-refractivity contribution in [2.45, 2.75) is 13.3 Å². The molecular weight excluding hydrogens is 388 g/mol. The molecule has 0 bridgehead atoms. The van der Waals surface area contributed by atoms with Crippen molar-refractivity contribution in [2.24, 2.45) is 0 Å². The van der Waals surface area contributed by atoms with Crippen molar-refractivity contribution in [3.8, 4) is 11.4 Å². The third-order valence-electron chi connectivity index (χ3n) is 4.39. The normalized spacial score (nSPS) is 10.8. The lowest BCUT2D eigenvalue weighted by molar-refractivity contribution is 0.0948. The predicted molar refractivity (Wildman–Crippen MR) is 111 cm³/mol. The van der Waals surface area contributed by atoms with Crippen molar-refractivity contribution in [3.05, 3.63) is 89.0 Å². The number of benzene rings is 2. The number of carbonyl (C=O) groups is 1. The van der Waals surface area contributed by atoms with E-state index in [0.29, 0.717) is 35.1 Å². The standard InChI is InChI=1S/C21H19ClN6O/c1-15-20(26-28(25-15)19-9-5-6-17(22)12-19)21(29)23-11-10-16-13-24-27(14-16)18-7-3-2-4-8-18/h2-9,12-14H,10-11H2,1H3,(H,23,29). The van der Waals surface area contributed by atoms with E-state index in [2.05, 4.69) is 20.6 Å². The zero-order valence-corrected chi connectivity index (χ0v) is 16.5. The average molecular weight is 407 g/mol. The van der Waals surface area contributed by atoms with E-state index in [4.69, 9.17) is 11.6 Å². The minimum absolute atomic E-state index is 0.258. The number of amides is 1. The summed E-state index contributed by atoms with van der Waals surface area (Å²) in [7, 11) is 0. The topological polar surface area (TPSA) is 77.6 Å². The van der Waals surface area contributed by atoms with Gasteiger partial charge in [0.15, 0.2) is 5.69 Å². The van der Waals surface area contributed by atoms with Crippen LogP contribution in [0.15, 0.2) is 67.0 Å². The summed E-state index contributed by atoms with van der Waals surface area (Å²) >= 11 is 6.02. The first-order valence-corrected chi connectivity index (χ1v) is 9.55. The summed E-state index contributed by atoms with van der Waals surface area (Å²) in [6, 6.07) is 17.0. The zero-order chi connectivity index (χ0) is 20.2. The Morgan fingerprint density at radius 3 is 2.66 bits per heavy atom. The lowest BCUT2D eigenvalue weighted by Crippen LogP contribution is -2.26. The number of halogens is 1. The first-order chi connectivity index (χ1) is 14.1. The summed E-state index contributed by atoms with van der Waals surface area (Å²) in [6.07, 6.45) is 4.43. The van der Waals surface area contributed by atoms with Crippen molar-refractivity contribution in [3.63, 3.8) is 0 Å². The minimum Gasteiger partial charge on any atom is -0.350 e. The Bertz CT molecular complexity index is 1140. The van der Waals surface area contributed by atoms with E-state index in [0.717, 1.165) is 11.3 Å². The molecule has 0 atom stereocenters. The Labute approximate surface area is 172 Å². The average Bonchev–Trinajstić information content (AvgIpc) is 3.35. The van der Waals surface area contributed by atoms with E-state index in [1.165, 1.54) is 4.80 Å². The van der Waals surface area contributed by atoms with Crippen LogP contribution in [0.2, 0.25) is 5.02 Å². The molecule has 0 saturated carbocycles. The molecule has 0 aliphatic carbocycles. The van der Waals surface area contributed by atoms with Crippen LogP contribution in [-0.4, -0.2) is 37.2 Å². The first-order valence-electron chi connectivity index (χ1n) is 9.17. The Hall–Kier alpha value is -3.45. The van der Waals surface area contributed by atoms with Crippen LogP contribution in [0.5, 0.6) is 0 Å². The molecule has 2 heterocycles. The molecule has 0 aliphatic heterocycles. The predicted octanol–water partition coefficient (Wildman–Crippen LogP) is 3.39. The van der Waals surface area contributed by atoms with E-state index in [-0.39, 0.29) is 5.91 Å². The van der Waals surface area contributed by atoms with Gasteiger partial charge in [-0.25, -0.2) is 4.68 Å². The van der Waals surface area contributed by atoms with E-state index in [1.54, 1.807) is 25.3 Å². The number of rotatable bonds is 6. The van der Waals surface area contributed by atoms with Gasteiger partial charge in [-0.05, 0) is 49.2 Å². The molecule has 146 valence electrons. The quantitative estimate of drug-likeness (QED) is 0.532. The van der Waals surface area contributed by atoms with E-state index in [9.17, 15) is 4.79 Å². The van der Waals surface area contributed by atoms with Crippen LogP contribution in [0, 0.1) is 6.92 Å². The highest BCUT2D eigenvalue weighted by molar-refractivity contribution is 6.30. The second-order valence-corrected chi connectivity index (χ2v) is 6.97. The number of hydrogen-bond acceptors (Lipinski definition) is 4. The summed E-state index contributed by atoms with van der Waals surface area (Å²) in [5.41, 5.74) is 3.59. The molecule has 4 aromatic rings. The second kappa shape index (κ2) is 8.28. The summed E-state index contributed by atoms with van der Waals surface area (Å²) in [4.78, 5) is 13.9. The van der Waals surface area contributed by atoms with Gasteiger partial charge in [0.05, 0.1) is 23.3 Å². The zero-order valence-electron chi connectivity index (χ0n) is 15.8. The summed E-state index contributed by atoms with van der Waals surface area (Å²) in [6.45, 7) is 2.23. The van der Waals surface area contributed by atoms with Gasteiger partial charge in [0, 0.05) is 17.8 Å². The number of hydrogen-bond donors (Lipinski definition) is 1. The van der Waals surface area contributed by atoms with Crippen molar-refractivity contribution < 1.29 is 4.79 Å². The van der Waals surface area contributed by atoms with Gasteiger partial charge in [0.25, 0.3) is 5.91 Å². The number of aromatic nitrogens is 5. The van der Waals surface area contributed by atoms with Crippen LogP contribution in [0.3, 0.4) is 0 Å². The summed E-state index contributed by atoms with van der Waals surface area (Å²) in [5, 5.41) is 16.5. The fourth-order valence-electron chi connectivity index (χ4n) is 2.92. The fourth-order valence-corrected chi connectivity index (χ4v) is 3.10. The van der Waals surface area contributed by atoms with Crippen molar-refractivity contribution in [2.75, 3.05) is 6.54 Å². The molecule has 7 nitrogen and oxygen atoms in total. The second-order valence-electron chi connectivity index (χ2n) is 6.54. The van der Waals surface area contributed by atoms with Gasteiger partial charge in [0.2, 0.25) is 0 Å². The highest BCUT2D eigenvalue weighted by Crippen LogP contribution is 2.14. The van der Waals surface area contributed by atoms with Gasteiger partial charge < -0.3 is 5.32 Å². The maximum atomic E-state index is 12.5. The molecule has 2 aromatic heterocycles. The molecule has 4 rings (SSSR count). The Kier molecular flexibility index (Phi) is 5.39. The third-order valence-corrected chi connectivity index (χ3v) is 4.63. The van der Waals surface area contributed by atoms with Gasteiger partial charge in [-0.3, -0.25) is 4.79 Å². The third kappa shape index (κ3) is 4.35. The molecule has 29 heavy (non-hydrogen) atoms. The fraction of sp³-hybridized carbons (Fsp3) is 0.143. The van der Waals surface area contributed by atoms with Crippen LogP contribution in [0.25, 0.3) is 11.4 Å². The largest absolute Gasteiger partial charge is 0.350 e. The van der Waals surface area contributed by atoms with Crippen LogP contribution < -0.4 is 5.32 Å². The van der Waals surface area contributed by atoms with Gasteiger partial charge in [0.1, 0.15) is 0 Å². The highest BCUT2D eigenvalue weighted by atomic mass is 35.5. The van der Waals surface area contributed by atoms with Gasteiger partial charge in [-0.2, -0.15) is 15.0 Å². The Morgan fingerprint density at radius 2 is 1.86 bits per heavy atom. The molecule has 0 saturated heterocycles. The molecule has 0 radical (unpaired) electrons. The maximum Gasteiger partial charge on any atom is 0.273 e. The van der Waals surface area contributed by atoms with Gasteiger partial charge in [-0.1, -0.05) is 35.9 Å². The monoisotopic (exact) mass is 406 g/mol. The SMILES string of the molecule is Cc1nn(-c2cccc(Cl)c2)nc1C(=O)NCCc1cnn(-c2ccccc2)c1. The molecule has 0 fully saturated rings. The first kappa shape index (κ1) is 18.9. The number of para-hydroxylation sites is 1. The van der Waals surface area contributed by atoms with Crippen molar-refractivity contribution in [1.82, 2.24) is 30.1 Å². The molecule has 2 aromatic carbocycles. The lowest BCUT2D eigenvalue weighted by Gasteiger charge is -2.02. The van der Waals surface area contributed by atoms with Crippen LogP contribution in [0.4, 0.5) is 0 Å². The maximum absolute atomic E-state index is 12.5. The smallest absolute Gasteiger partial charge is 0.273 e. The number of nitrogens with zero attached hydrogens (tertiary/aromatic N) is 5. The molecule has 1 N–H and O–H groups in total. The van der Waals surface area contributed by atoms with Crippen LogP contribution in [0.1, 0.15) is 21.7 Å². The Morgan fingerprint density at radius 1 is 1.07 bits per heavy atom. The van der Waals surface area contributed by atoms with Gasteiger partial charge in [-0.15, -0.1) is 5.10 Å². The summed E-state index contributed by atoms with van der Waals surface area (Å²) < 4.78 is 1.82. The van der Waals surface area contributed by atoms with Crippen LogP contribution >= 0.6 is 11.6 Å². The molecule has 0 unspecified atom stereocenters. The molecular formula is C21H19ClN6O. The Balaban J connectivity index is 1.38. The van der Waals surface area contributed by atoms with E-state index >= 15 is 0 Å². The van der Waals surface area contributed by atoms with Crippen molar-refractivity contribution in [1.29, 1.82) is 0 Å². The lowest BCUT2D eigenvalue weighted by atomic mass is 10.2. The molecule has 1 amide bonds.